The molecule has 0 aliphatic carbocycles. The summed E-state index contributed by atoms with van der Waals surface area (Å²) in [7, 11) is 1.42. The van der Waals surface area contributed by atoms with Crippen molar-refractivity contribution in [1.29, 1.82) is 0 Å². The van der Waals surface area contributed by atoms with Crippen LogP contribution in [-0.2, 0) is 35.1 Å². The number of carbonyl (C=O) groups is 6. The summed E-state index contributed by atoms with van der Waals surface area (Å²) in [4.78, 5) is 74.9. The van der Waals surface area contributed by atoms with E-state index in [1.54, 1.807) is 35.2 Å². The van der Waals surface area contributed by atoms with E-state index in [9.17, 15) is 41.9 Å². The number of carboxylic acid groups (broad SMARTS) is 1. The Morgan fingerprint density at radius 3 is 2.19 bits per heavy atom. The molecule has 0 bridgehead atoms. The predicted molar refractivity (Wildman–Crippen MR) is 185 cm³/mol. The van der Waals surface area contributed by atoms with Crippen LogP contribution >= 0.6 is 0 Å². The highest BCUT2D eigenvalue weighted by molar-refractivity contribution is 6.01. The Labute approximate surface area is 302 Å². The molecule has 0 radical (unpaired) electrons. The number of nitrogens with one attached hydrogen (secondary N) is 4. The van der Waals surface area contributed by atoms with Crippen molar-refractivity contribution < 1.29 is 56.5 Å². The van der Waals surface area contributed by atoms with Crippen LogP contribution in [0.2, 0.25) is 0 Å². The molecule has 1 saturated heterocycles. The smallest absolute Gasteiger partial charge is 0.491 e. The maximum Gasteiger partial charge on any atom is 0.491 e. The predicted octanol–water partition coefficient (Wildman–Crippen LogP) is 4.80. The van der Waals surface area contributed by atoms with Crippen LogP contribution in [0, 0.1) is 12.8 Å². The molecule has 1 heterocycles. The average Bonchev–Trinajstić information content (AvgIpc) is 3.09. The van der Waals surface area contributed by atoms with Crippen molar-refractivity contribution in [1.82, 2.24) is 10.2 Å². The minimum absolute atomic E-state index is 0.0865. The van der Waals surface area contributed by atoms with Gasteiger partial charge < -0.3 is 35.8 Å². The molecule has 0 unspecified atom stereocenters. The summed E-state index contributed by atoms with van der Waals surface area (Å²) in [5.74, 6) is -6.41. The molecule has 0 aromatic heterocycles. The number of ether oxygens (including phenoxy) is 2. The van der Waals surface area contributed by atoms with Crippen molar-refractivity contribution in [3.63, 3.8) is 0 Å². The van der Waals surface area contributed by atoms with Crippen molar-refractivity contribution in [2.75, 3.05) is 42.7 Å². The Morgan fingerprint density at radius 2 is 1.57 bits per heavy atom. The molecule has 282 valence electrons. The number of amides is 4. The first-order chi connectivity index (χ1) is 25.1. The van der Waals surface area contributed by atoms with Crippen molar-refractivity contribution in [2.24, 2.45) is 5.92 Å². The first kappa shape index (κ1) is 39.8. The highest BCUT2D eigenvalue weighted by Crippen LogP contribution is 2.28. The van der Waals surface area contributed by atoms with E-state index in [4.69, 9.17) is 9.84 Å². The number of esters is 2. The summed E-state index contributed by atoms with van der Waals surface area (Å²) in [6.07, 6.45) is -5.68. The number of carboxylic acids is 1. The van der Waals surface area contributed by atoms with Gasteiger partial charge in [0, 0.05) is 17.3 Å². The third kappa shape index (κ3) is 12.1. The molecule has 1 atom stereocenters. The Hall–Kier alpha value is -5.97. The number of rotatable bonds is 13. The number of urea groups is 1. The summed E-state index contributed by atoms with van der Waals surface area (Å²) in [6.45, 7) is 2.32. The summed E-state index contributed by atoms with van der Waals surface area (Å²) in [6, 6.07) is 16.2. The van der Waals surface area contributed by atoms with Crippen molar-refractivity contribution >= 4 is 52.8 Å². The lowest BCUT2D eigenvalue weighted by atomic mass is 9.94. The maximum absolute atomic E-state index is 13.1. The number of carbonyl (C=O) groups excluding carboxylic acids is 5. The molecule has 17 heteroatoms. The maximum atomic E-state index is 13.1. The molecule has 1 aliphatic rings. The summed E-state index contributed by atoms with van der Waals surface area (Å²) >= 11 is 0. The Balaban J connectivity index is 1.39. The molecule has 5 N–H and O–H groups in total. The van der Waals surface area contributed by atoms with E-state index >= 15 is 0 Å². The normalized spacial score (nSPS) is 14.0. The monoisotopic (exact) mass is 741 g/mol. The van der Waals surface area contributed by atoms with E-state index in [2.05, 4.69) is 26.0 Å². The number of benzene rings is 3. The molecule has 4 amide bonds. The van der Waals surface area contributed by atoms with E-state index in [1.165, 1.54) is 31.4 Å². The second kappa shape index (κ2) is 18.0. The van der Waals surface area contributed by atoms with Crippen molar-refractivity contribution in [3.8, 4) is 5.75 Å². The number of hydrogen-bond acceptors (Lipinski definition) is 9. The lowest BCUT2D eigenvalue weighted by molar-refractivity contribution is -0.202. The number of aliphatic carboxylic acids is 1. The summed E-state index contributed by atoms with van der Waals surface area (Å²) in [5, 5.41) is 19.8. The second-order valence-corrected chi connectivity index (χ2v) is 12.2. The van der Waals surface area contributed by atoms with Crippen LogP contribution in [0.1, 0.15) is 42.0 Å². The number of aryl methyl sites for hydroxylation is 1. The molecule has 1 fully saturated rings. The standard InChI is InChI=1S/C36H38F3N5O9/c1-21-5-3-4-6-26(21)42-35(51)43-27-12-7-22(17-29(27)52-2)18-30(45)40-25-10-8-23(9-11-25)28(19-32(48)53-34(50)36(37,38)39)41-33(49)24-13-15-44(16-14-24)20-31(46)47/h3-12,17,24,28H,13-16,18-20H2,1-2H3,(H,40,45)(H,41,49)(H,46,47)(H2,42,43,51)/t28-/m1/s1. The van der Waals surface area contributed by atoms with Crippen LogP contribution < -0.4 is 26.0 Å². The van der Waals surface area contributed by atoms with E-state index < -0.39 is 60.3 Å². The zero-order chi connectivity index (χ0) is 38.7. The molecule has 0 saturated carbocycles. The Morgan fingerprint density at radius 1 is 0.906 bits per heavy atom. The van der Waals surface area contributed by atoms with E-state index in [0.29, 0.717) is 54.3 Å². The zero-order valence-corrected chi connectivity index (χ0v) is 28.7. The van der Waals surface area contributed by atoms with Crippen LogP contribution in [-0.4, -0.2) is 78.7 Å². The molecule has 4 rings (SSSR count). The number of halogens is 3. The number of para-hydroxylation sites is 1. The zero-order valence-electron chi connectivity index (χ0n) is 28.7. The van der Waals surface area contributed by atoms with Gasteiger partial charge in [0.15, 0.2) is 0 Å². The van der Waals surface area contributed by atoms with Gasteiger partial charge in [-0.3, -0.25) is 24.1 Å². The molecule has 3 aromatic rings. The Bertz CT molecular complexity index is 1830. The molecular formula is C36H38F3N5O9. The van der Waals surface area contributed by atoms with Gasteiger partial charge in [0.05, 0.1) is 38.2 Å². The minimum atomic E-state index is -5.40. The van der Waals surface area contributed by atoms with Gasteiger partial charge in [0.1, 0.15) is 5.75 Å². The van der Waals surface area contributed by atoms with Crippen molar-refractivity contribution in [2.45, 2.75) is 44.8 Å². The van der Waals surface area contributed by atoms with Gasteiger partial charge in [-0.15, -0.1) is 0 Å². The van der Waals surface area contributed by atoms with Crippen LogP contribution in [0.4, 0.5) is 35.0 Å². The molecule has 1 aliphatic heterocycles. The third-order valence-corrected chi connectivity index (χ3v) is 8.31. The summed E-state index contributed by atoms with van der Waals surface area (Å²) < 4.78 is 47.5. The largest absolute Gasteiger partial charge is 0.495 e. The van der Waals surface area contributed by atoms with Crippen molar-refractivity contribution in [3.05, 3.63) is 83.4 Å². The fourth-order valence-corrected chi connectivity index (χ4v) is 5.58. The van der Waals surface area contributed by atoms with Gasteiger partial charge in [0.25, 0.3) is 0 Å². The molecule has 53 heavy (non-hydrogen) atoms. The lowest BCUT2D eigenvalue weighted by Crippen LogP contribution is -2.43. The van der Waals surface area contributed by atoms with Gasteiger partial charge in [-0.25, -0.2) is 9.59 Å². The first-order valence-corrected chi connectivity index (χ1v) is 16.4. The van der Waals surface area contributed by atoms with E-state index in [1.807, 2.05) is 19.1 Å². The number of hydrogen-bond donors (Lipinski definition) is 5. The van der Waals surface area contributed by atoms with Gasteiger partial charge in [-0.2, -0.15) is 13.2 Å². The number of methoxy groups -OCH3 is 1. The first-order valence-electron chi connectivity index (χ1n) is 16.4. The molecule has 14 nitrogen and oxygen atoms in total. The second-order valence-electron chi connectivity index (χ2n) is 12.2. The summed E-state index contributed by atoms with van der Waals surface area (Å²) in [5.41, 5.74) is 3.04. The van der Waals surface area contributed by atoms with Crippen LogP contribution in [0.15, 0.2) is 66.7 Å². The number of anilines is 3. The minimum Gasteiger partial charge on any atom is -0.495 e. The fraction of sp³-hybridized carbons (Fsp3) is 0.333. The number of likely N-dealkylation sites (tertiary alicyclic amines) is 1. The quantitative estimate of drug-likeness (QED) is 0.120. The third-order valence-electron chi connectivity index (χ3n) is 8.31. The van der Waals surface area contributed by atoms with E-state index in [0.717, 1.165) is 5.56 Å². The molecular weight excluding hydrogens is 703 g/mol. The average molecular weight is 742 g/mol. The van der Waals surface area contributed by atoms with Crippen LogP contribution in [0.3, 0.4) is 0 Å². The number of piperidine rings is 1. The number of nitrogens with zero attached hydrogens (tertiary/aromatic N) is 1. The fourth-order valence-electron chi connectivity index (χ4n) is 5.58. The van der Waals surface area contributed by atoms with Crippen LogP contribution in [0.5, 0.6) is 5.75 Å². The highest BCUT2D eigenvalue weighted by atomic mass is 19.4. The van der Waals surface area contributed by atoms with Gasteiger partial charge in [0.2, 0.25) is 11.8 Å². The molecule has 3 aromatic carbocycles. The topological polar surface area (TPSA) is 192 Å². The van der Waals surface area contributed by atoms with E-state index in [-0.39, 0.29) is 18.5 Å². The van der Waals surface area contributed by atoms with Gasteiger partial charge in [-0.05, 0) is 79.9 Å². The SMILES string of the molecule is COc1cc(CC(=O)Nc2ccc([C@@H](CC(=O)OC(=O)C(F)(F)F)NC(=O)C3CCN(CC(=O)O)CC3)cc2)ccc1NC(=O)Nc1ccccc1C. The number of alkyl halides is 3. The van der Waals surface area contributed by atoms with Gasteiger partial charge >= 0.3 is 30.1 Å². The highest BCUT2D eigenvalue weighted by Gasteiger charge is 2.42. The molecule has 0 spiro atoms. The Kier molecular flexibility index (Phi) is 13.5. The lowest BCUT2D eigenvalue weighted by Gasteiger charge is -2.31. The van der Waals surface area contributed by atoms with Gasteiger partial charge in [-0.1, -0.05) is 36.4 Å². The van der Waals surface area contributed by atoms with Crippen LogP contribution in [0.25, 0.3) is 0 Å².